The number of fused-ring (bicyclic) bond motifs is 1. The van der Waals surface area contributed by atoms with E-state index in [0.717, 1.165) is 5.69 Å². The number of phenolic OH excluding ortho intramolecular Hbond substituents is 2. The second kappa shape index (κ2) is 3.69. The van der Waals surface area contributed by atoms with E-state index >= 15 is 0 Å². The number of benzene rings is 1. The number of aryl methyl sites for hydroxylation is 1. The summed E-state index contributed by atoms with van der Waals surface area (Å²) in [4.78, 5) is 8.44. The Kier molecular flexibility index (Phi) is 2.16. The number of aromatic hydroxyl groups is 2. The van der Waals surface area contributed by atoms with Gasteiger partial charge in [0.2, 0.25) is 0 Å². The molecule has 18 heavy (non-hydrogen) atoms. The van der Waals surface area contributed by atoms with Crippen LogP contribution < -0.4 is 0 Å². The van der Waals surface area contributed by atoms with Gasteiger partial charge < -0.3 is 10.2 Å². The normalized spacial score (nSPS) is 10.9. The van der Waals surface area contributed by atoms with Crippen LogP contribution in [0.1, 0.15) is 5.69 Å². The maximum atomic E-state index is 9.44. The van der Waals surface area contributed by atoms with Gasteiger partial charge in [0.15, 0.2) is 17.3 Å². The first-order valence-corrected chi connectivity index (χ1v) is 5.28. The average molecular weight is 241 g/mol. The molecule has 0 aliphatic heterocycles. The summed E-state index contributed by atoms with van der Waals surface area (Å²) in [6.45, 7) is 1.84. The summed E-state index contributed by atoms with van der Waals surface area (Å²) in [5.74, 6) is 0.472. The van der Waals surface area contributed by atoms with Crippen LogP contribution in [0.15, 0.2) is 24.3 Å². The average Bonchev–Trinajstić information content (AvgIpc) is 2.75. The highest BCUT2D eigenvalue weighted by atomic mass is 16.3. The van der Waals surface area contributed by atoms with Crippen LogP contribution >= 0.6 is 0 Å². The van der Waals surface area contributed by atoms with Crippen LogP contribution in [-0.4, -0.2) is 29.8 Å². The Morgan fingerprint density at radius 1 is 1.17 bits per heavy atom. The van der Waals surface area contributed by atoms with Gasteiger partial charge in [-0.25, -0.2) is 4.98 Å². The Labute approximate surface area is 102 Å². The molecule has 0 amide bonds. The molecule has 0 bridgehead atoms. The lowest BCUT2D eigenvalue weighted by molar-refractivity contribution is 0.404. The van der Waals surface area contributed by atoms with Crippen LogP contribution in [-0.2, 0) is 0 Å². The second-order valence-electron chi connectivity index (χ2n) is 3.88. The van der Waals surface area contributed by atoms with Crippen molar-refractivity contribution in [2.45, 2.75) is 6.92 Å². The summed E-state index contributed by atoms with van der Waals surface area (Å²) in [7, 11) is 0. The smallest absolute Gasteiger partial charge is 0.253 e. The summed E-state index contributed by atoms with van der Waals surface area (Å²) < 4.78 is 1.44. The highest BCUT2D eigenvalue weighted by Crippen LogP contribution is 2.28. The predicted molar refractivity (Wildman–Crippen MR) is 63.1 cm³/mol. The number of rotatable bonds is 1. The van der Waals surface area contributed by atoms with Crippen LogP contribution in [0.3, 0.4) is 0 Å². The molecule has 6 nitrogen and oxygen atoms in total. The Hall–Kier alpha value is -2.63. The molecule has 0 saturated heterocycles. The molecule has 2 heterocycles. The van der Waals surface area contributed by atoms with Gasteiger partial charge in [-0.05, 0) is 31.2 Å². The van der Waals surface area contributed by atoms with Crippen molar-refractivity contribution in [3.05, 3.63) is 36.2 Å². The number of hydrogen-bond acceptors (Lipinski definition) is 5. The number of aromatic nitrogens is 4. The Morgan fingerprint density at radius 3 is 2.78 bits per heavy atom. The zero-order chi connectivity index (χ0) is 12.7. The zero-order valence-corrected chi connectivity index (χ0v) is 9.49. The van der Waals surface area contributed by atoms with E-state index in [1.165, 1.54) is 16.6 Å². The molecule has 2 aromatic heterocycles. The molecule has 1 aromatic carbocycles. The molecule has 0 saturated carbocycles. The van der Waals surface area contributed by atoms with Crippen molar-refractivity contribution >= 4 is 5.78 Å². The summed E-state index contributed by atoms with van der Waals surface area (Å²) in [5, 5.41) is 22.9. The van der Waals surface area contributed by atoms with E-state index in [1.807, 2.05) is 6.92 Å². The van der Waals surface area contributed by atoms with Crippen molar-refractivity contribution in [1.29, 1.82) is 0 Å². The van der Waals surface area contributed by atoms with E-state index in [4.69, 9.17) is 0 Å². The minimum absolute atomic E-state index is 0.178. The van der Waals surface area contributed by atoms with E-state index in [1.54, 1.807) is 12.1 Å². The van der Waals surface area contributed by atoms with Crippen molar-refractivity contribution in [2.24, 2.45) is 0 Å². The maximum Gasteiger partial charge on any atom is 0.253 e. The van der Waals surface area contributed by atoms with Gasteiger partial charge in [-0.2, -0.15) is 9.50 Å². The standard InChI is InChI=1S/C12H9N4O2/c1-7-4-5-16-12(13-7)14-11(15-16)8-2-3-9(17)10(18)6-8/h2-4,6,17-18H,1H3. The van der Waals surface area contributed by atoms with Gasteiger partial charge in [-0.1, -0.05) is 0 Å². The van der Waals surface area contributed by atoms with Gasteiger partial charge in [-0.3, -0.25) is 0 Å². The molecule has 0 atom stereocenters. The molecular formula is C12H9N4O2. The van der Waals surface area contributed by atoms with Gasteiger partial charge in [0.05, 0.1) is 6.20 Å². The summed E-state index contributed by atoms with van der Waals surface area (Å²) in [6, 6.07) is 6.12. The quantitative estimate of drug-likeness (QED) is 0.627. The second-order valence-corrected chi connectivity index (χ2v) is 3.88. The minimum Gasteiger partial charge on any atom is -0.504 e. The molecule has 6 heteroatoms. The van der Waals surface area contributed by atoms with Crippen LogP contribution in [0.5, 0.6) is 11.5 Å². The summed E-state index contributed by atoms with van der Waals surface area (Å²) in [6.07, 6.45) is 2.90. The molecule has 0 fully saturated rings. The first-order valence-electron chi connectivity index (χ1n) is 5.28. The molecule has 1 radical (unpaired) electrons. The SMILES string of the molecule is Cc1c[c]n2nc(-c3ccc(O)c(O)c3)nc2n1. The largest absolute Gasteiger partial charge is 0.504 e. The third-order valence-corrected chi connectivity index (χ3v) is 2.50. The molecular weight excluding hydrogens is 232 g/mol. The van der Waals surface area contributed by atoms with E-state index in [-0.39, 0.29) is 11.5 Å². The molecule has 3 aromatic rings. The first kappa shape index (κ1) is 10.5. The molecule has 3 rings (SSSR count). The summed E-state index contributed by atoms with van der Waals surface area (Å²) in [5.41, 5.74) is 1.40. The van der Waals surface area contributed by atoms with E-state index < -0.39 is 0 Å². The fraction of sp³-hybridized carbons (Fsp3) is 0.0833. The summed E-state index contributed by atoms with van der Waals surface area (Å²) >= 11 is 0. The topological polar surface area (TPSA) is 83.5 Å². The van der Waals surface area contributed by atoms with Crippen molar-refractivity contribution in [1.82, 2.24) is 19.6 Å². The van der Waals surface area contributed by atoms with Crippen molar-refractivity contribution < 1.29 is 10.2 Å². The lowest BCUT2D eigenvalue weighted by Gasteiger charge is -1.98. The number of phenols is 2. The number of nitrogens with zero attached hydrogens (tertiary/aromatic N) is 4. The van der Waals surface area contributed by atoms with Gasteiger partial charge >= 0.3 is 0 Å². The number of hydrogen-bond donors (Lipinski definition) is 2. The van der Waals surface area contributed by atoms with Gasteiger partial charge in [0.25, 0.3) is 5.78 Å². The van der Waals surface area contributed by atoms with Crippen LogP contribution in [0.25, 0.3) is 17.2 Å². The third kappa shape index (κ3) is 1.64. The molecule has 0 aliphatic rings. The van der Waals surface area contributed by atoms with Crippen LogP contribution in [0.4, 0.5) is 0 Å². The Bertz CT molecular complexity index is 736. The van der Waals surface area contributed by atoms with E-state index in [2.05, 4.69) is 21.3 Å². The van der Waals surface area contributed by atoms with Gasteiger partial charge in [0, 0.05) is 11.3 Å². The lowest BCUT2D eigenvalue weighted by atomic mass is 10.2. The fourth-order valence-electron chi connectivity index (χ4n) is 1.59. The molecule has 89 valence electrons. The molecule has 0 aliphatic carbocycles. The Morgan fingerprint density at radius 2 is 2.00 bits per heavy atom. The Balaban J connectivity index is 2.16. The van der Waals surface area contributed by atoms with Crippen molar-refractivity contribution in [3.8, 4) is 22.9 Å². The molecule has 2 N–H and O–H groups in total. The van der Waals surface area contributed by atoms with Crippen LogP contribution in [0.2, 0.25) is 0 Å². The molecule has 0 unspecified atom stereocenters. The minimum atomic E-state index is -0.209. The maximum absolute atomic E-state index is 9.44. The van der Waals surface area contributed by atoms with Gasteiger partial charge in [0.1, 0.15) is 0 Å². The zero-order valence-electron chi connectivity index (χ0n) is 9.49. The van der Waals surface area contributed by atoms with Crippen LogP contribution in [0, 0.1) is 13.1 Å². The predicted octanol–water partition coefficient (Wildman–Crippen LogP) is 1.31. The highest BCUT2D eigenvalue weighted by Gasteiger charge is 2.09. The monoisotopic (exact) mass is 241 g/mol. The van der Waals surface area contributed by atoms with Crippen molar-refractivity contribution in [3.63, 3.8) is 0 Å². The van der Waals surface area contributed by atoms with Crippen molar-refractivity contribution in [2.75, 3.05) is 0 Å². The van der Waals surface area contributed by atoms with Gasteiger partial charge in [-0.15, -0.1) is 5.10 Å². The fourth-order valence-corrected chi connectivity index (χ4v) is 1.59. The molecule has 0 spiro atoms. The lowest BCUT2D eigenvalue weighted by Crippen LogP contribution is -1.91. The highest BCUT2D eigenvalue weighted by molar-refractivity contribution is 5.61. The van der Waals surface area contributed by atoms with E-state index in [0.29, 0.717) is 17.2 Å². The third-order valence-electron chi connectivity index (χ3n) is 2.50. The first-order chi connectivity index (χ1) is 8.63. The van der Waals surface area contributed by atoms with E-state index in [9.17, 15) is 10.2 Å².